The molecule has 0 aliphatic carbocycles. The van der Waals surface area contributed by atoms with Crippen LogP contribution >= 0.6 is 22.5 Å². The van der Waals surface area contributed by atoms with Crippen molar-refractivity contribution in [3.8, 4) is 0 Å². The summed E-state index contributed by atoms with van der Waals surface area (Å²) >= 11 is 5.93. The Morgan fingerprint density at radius 3 is 2.71 bits per heavy atom. The predicted molar refractivity (Wildman–Crippen MR) is 75.2 cm³/mol. The lowest BCUT2D eigenvalue weighted by atomic mass is 10.1. The van der Waals surface area contributed by atoms with E-state index in [1.807, 2.05) is 24.5 Å². The van der Waals surface area contributed by atoms with Crippen molar-refractivity contribution in [2.45, 2.75) is 17.1 Å². The van der Waals surface area contributed by atoms with Crippen LogP contribution in [0.2, 0.25) is 5.02 Å². The Bertz CT molecular complexity index is 524. The molecule has 2 aromatic rings. The standard InChI is InChI=1S/C14H14ClNS/c15-13-1-3-14(4-2-13)17-8-6-11-9-16-7-5-12(11)10-17/h1-5,7,9,17H,6,8,10H2. The maximum absolute atomic E-state index is 5.93. The van der Waals surface area contributed by atoms with Gasteiger partial charge in [0.15, 0.2) is 0 Å². The number of aromatic nitrogens is 1. The fourth-order valence-electron chi connectivity index (χ4n) is 2.25. The zero-order chi connectivity index (χ0) is 11.7. The Morgan fingerprint density at radius 1 is 1.06 bits per heavy atom. The Morgan fingerprint density at radius 2 is 1.88 bits per heavy atom. The van der Waals surface area contributed by atoms with Crippen molar-refractivity contribution >= 4 is 22.5 Å². The van der Waals surface area contributed by atoms with Crippen LogP contribution in [0.1, 0.15) is 11.1 Å². The monoisotopic (exact) mass is 263 g/mol. The highest BCUT2D eigenvalue weighted by atomic mass is 35.5. The Labute approximate surface area is 109 Å². The van der Waals surface area contributed by atoms with E-state index in [-0.39, 0.29) is 10.9 Å². The predicted octanol–water partition coefficient (Wildman–Crippen LogP) is 3.85. The molecule has 0 N–H and O–H groups in total. The lowest BCUT2D eigenvalue weighted by Gasteiger charge is -2.28. The van der Waals surface area contributed by atoms with E-state index in [4.69, 9.17) is 11.6 Å². The van der Waals surface area contributed by atoms with E-state index in [2.05, 4.69) is 23.2 Å². The van der Waals surface area contributed by atoms with Crippen molar-refractivity contribution in [3.63, 3.8) is 0 Å². The molecule has 17 heavy (non-hydrogen) atoms. The summed E-state index contributed by atoms with van der Waals surface area (Å²) in [6.07, 6.45) is 5.08. The number of hydrogen-bond acceptors (Lipinski definition) is 1. The van der Waals surface area contributed by atoms with E-state index in [1.165, 1.54) is 27.5 Å². The van der Waals surface area contributed by atoms with Gasteiger partial charge in [0, 0.05) is 23.2 Å². The van der Waals surface area contributed by atoms with Gasteiger partial charge in [-0.3, -0.25) is 4.98 Å². The molecule has 1 unspecified atom stereocenters. The van der Waals surface area contributed by atoms with Crippen molar-refractivity contribution in [3.05, 3.63) is 58.9 Å². The fourth-order valence-corrected chi connectivity index (χ4v) is 4.77. The molecule has 0 saturated carbocycles. The Kier molecular flexibility index (Phi) is 3.08. The molecule has 0 spiro atoms. The SMILES string of the molecule is Clc1ccc([SH]2CCc3cnccc3C2)cc1. The fraction of sp³-hybridized carbons (Fsp3) is 0.214. The molecule has 1 aromatic carbocycles. The van der Waals surface area contributed by atoms with Crippen LogP contribution in [0.4, 0.5) is 0 Å². The van der Waals surface area contributed by atoms with Crippen molar-refractivity contribution in [2.24, 2.45) is 0 Å². The minimum atomic E-state index is -0.0523. The van der Waals surface area contributed by atoms with Crippen LogP contribution in [0, 0.1) is 0 Å². The minimum absolute atomic E-state index is 0.0523. The van der Waals surface area contributed by atoms with Crippen LogP contribution in [0.3, 0.4) is 0 Å². The first-order valence-corrected chi connectivity index (χ1v) is 7.84. The summed E-state index contributed by atoms with van der Waals surface area (Å²) in [5.41, 5.74) is 2.91. The number of halogens is 1. The van der Waals surface area contributed by atoms with Crippen LogP contribution in [-0.4, -0.2) is 10.7 Å². The van der Waals surface area contributed by atoms with Gasteiger partial charge in [-0.25, -0.2) is 10.9 Å². The zero-order valence-corrected chi connectivity index (χ0v) is 11.1. The average Bonchev–Trinajstić information content (AvgIpc) is 2.39. The molecule has 3 heteroatoms. The quantitative estimate of drug-likeness (QED) is 0.771. The third-order valence-corrected chi connectivity index (χ3v) is 5.97. The maximum Gasteiger partial charge on any atom is 0.0406 e. The number of hydrogen-bond donors (Lipinski definition) is 1. The number of rotatable bonds is 1. The second-order valence-electron chi connectivity index (χ2n) is 4.29. The third-order valence-electron chi connectivity index (χ3n) is 3.21. The molecule has 1 aromatic heterocycles. The van der Waals surface area contributed by atoms with E-state index >= 15 is 0 Å². The maximum atomic E-state index is 5.93. The van der Waals surface area contributed by atoms with Crippen molar-refractivity contribution in [1.82, 2.24) is 4.98 Å². The van der Waals surface area contributed by atoms with Gasteiger partial charge in [0.05, 0.1) is 0 Å². The van der Waals surface area contributed by atoms with E-state index < -0.39 is 0 Å². The topological polar surface area (TPSA) is 12.9 Å². The van der Waals surface area contributed by atoms with Gasteiger partial charge in [0.1, 0.15) is 0 Å². The van der Waals surface area contributed by atoms with E-state index in [9.17, 15) is 0 Å². The van der Waals surface area contributed by atoms with Crippen molar-refractivity contribution in [1.29, 1.82) is 0 Å². The highest BCUT2D eigenvalue weighted by molar-refractivity contribution is 8.16. The molecule has 0 saturated heterocycles. The smallest absolute Gasteiger partial charge is 0.0406 e. The number of fused-ring (bicyclic) bond motifs is 1. The lowest BCUT2D eigenvalue weighted by molar-refractivity contribution is 1.04. The summed E-state index contributed by atoms with van der Waals surface area (Å²) in [7, 11) is -0.0523. The molecule has 1 aliphatic heterocycles. The molecule has 3 rings (SSSR count). The molecule has 1 aliphatic rings. The summed E-state index contributed by atoms with van der Waals surface area (Å²) in [6.45, 7) is 0. The van der Waals surface area contributed by atoms with Crippen LogP contribution in [0.25, 0.3) is 0 Å². The van der Waals surface area contributed by atoms with Gasteiger partial charge in [-0.05, 0) is 58.5 Å². The number of nitrogens with zero attached hydrogens (tertiary/aromatic N) is 1. The van der Waals surface area contributed by atoms with E-state index in [1.54, 1.807) is 0 Å². The van der Waals surface area contributed by atoms with Gasteiger partial charge in [-0.1, -0.05) is 11.6 Å². The Balaban J connectivity index is 1.86. The molecule has 0 radical (unpaired) electrons. The summed E-state index contributed by atoms with van der Waals surface area (Å²) in [4.78, 5) is 5.66. The van der Waals surface area contributed by atoms with Gasteiger partial charge in [0.2, 0.25) is 0 Å². The zero-order valence-electron chi connectivity index (χ0n) is 9.44. The van der Waals surface area contributed by atoms with Crippen LogP contribution in [0.5, 0.6) is 0 Å². The van der Waals surface area contributed by atoms with E-state index in [0.717, 1.165) is 11.4 Å². The highest BCUT2D eigenvalue weighted by Crippen LogP contribution is 2.44. The first kappa shape index (κ1) is 11.1. The van der Waals surface area contributed by atoms with Crippen LogP contribution in [-0.2, 0) is 12.2 Å². The lowest BCUT2D eigenvalue weighted by Crippen LogP contribution is -2.08. The van der Waals surface area contributed by atoms with Crippen molar-refractivity contribution in [2.75, 3.05) is 5.75 Å². The molecular formula is C14H14ClNS. The molecule has 0 amide bonds. The van der Waals surface area contributed by atoms with Gasteiger partial charge in [-0.15, -0.1) is 0 Å². The second kappa shape index (κ2) is 4.71. The van der Waals surface area contributed by atoms with Crippen molar-refractivity contribution < 1.29 is 0 Å². The molecule has 88 valence electrons. The average molecular weight is 264 g/mol. The summed E-state index contributed by atoms with van der Waals surface area (Å²) in [5.74, 6) is 2.46. The van der Waals surface area contributed by atoms with E-state index in [0.29, 0.717) is 0 Å². The third kappa shape index (κ3) is 2.33. The number of aryl methyl sites for hydroxylation is 1. The highest BCUT2D eigenvalue weighted by Gasteiger charge is 2.16. The number of pyridine rings is 1. The first-order chi connectivity index (χ1) is 8.33. The van der Waals surface area contributed by atoms with Gasteiger partial charge in [-0.2, -0.15) is 0 Å². The largest absolute Gasteiger partial charge is 0.264 e. The second-order valence-corrected chi connectivity index (χ2v) is 7.09. The Hall–Kier alpha value is -0.990. The van der Waals surface area contributed by atoms with Gasteiger partial charge >= 0.3 is 0 Å². The summed E-state index contributed by atoms with van der Waals surface area (Å²) < 4.78 is 0. The normalized spacial score (nSPS) is 20.9. The van der Waals surface area contributed by atoms with Crippen LogP contribution in [0.15, 0.2) is 47.6 Å². The minimum Gasteiger partial charge on any atom is -0.264 e. The number of benzene rings is 1. The molecule has 1 atom stereocenters. The number of thiol groups is 1. The summed E-state index contributed by atoms with van der Waals surface area (Å²) in [5, 5.41) is 0.824. The molecular weight excluding hydrogens is 250 g/mol. The van der Waals surface area contributed by atoms with Crippen LogP contribution < -0.4 is 0 Å². The van der Waals surface area contributed by atoms with Gasteiger partial charge < -0.3 is 0 Å². The first-order valence-electron chi connectivity index (χ1n) is 5.75. The summed E-state index contributed by atoms with van der Waals surface area (Å²) in [6, 6.07) is 10.5. The molecule has 1 nitrogen and oxygen atoms in total. The molecule has 2 heterocycles. The van der Waals surface area contributed by atoms with Gasteiger partial charge in [0.25, 0.3) is 0 Å². The molecule has 0 fully saturated rings. The molecule has 0 bridgehead atoms.